The van der Waals surface area contributed by atoms with Gasteiger partial charge in [-0.25, -0.2) is 4.39 Å². The van der Waals surface area contributed by atoms with E-state index in [9.17, 15) is 4.39 Å². The molecule has 2 rings (SSSR count). The fraction of sp³-hybridized carbons (Fsp3) is 0.333. The van der Waals surface area contributed by atoms with E-state index in [1.807, 2.05) is 6.20 Å². The number of hydrogen-bond donors (Lipinski definition) is 0. The fourth-order valence-corrected chi connectivity index (χ4v) is 1.81. The first-order valence-electron chi connectivity index (χ1n) is 6.36. The van der Waals surface area contributed by atoms with Gasteiger partial charge in [0.25, 0.3) is 0 Å². The molecule has 0 aliphatic rings. The largest absolute Gasteiger partial charge is 0.257 e. The van der Waals surface area contributed by atoms with Crippen LogP contribution in [0.1, 0.15) is 31.9 Å². The van der Waals surface area contributed by atoms with Crippen LogP contribution < -0.4 is 0 Å². The van der Waals surface area contributed by atoms with Gasteiger partial charge in [-0.15, -0.1) is 0 Å². The second-order valence-corrected chi connectivity index (χ2v) is 4.36. The topological polar surface area (TPSA) is 25.8 Å². The minimum Gasteiger partial charge on any atom is -0.257 e. The van der Waals surface area contributed by atoms with Crippen molar-refractivity contribution < 1.29 is 4.39 Å². The average molecular weight is 244 g/mol. The molecular weight excluding hydrogens is 227 g/mol. The molecule has 18 heavy (non-hydrogen) atoms. The Balaban J connectivity index is 2.05. The molecule has 2 nitrogen and oxygen atoms in total. The molecule has 0 unspecified atom stereocenters. The summed E-state index contributed by atoms with van der Waals surface area (Å²) in [5.41, 5.74) is 2.70. The molecule has 0 fully saturated rings. The summed E-state index contributed by atoms with van der Waals surface area (Å²) in [5, 5.41) is 0. The highest BCUT2D eigenvalue weighted by atomic mass is 19.1. The van der Waals surface area contributed by atoms with Gasteiger partial charge < -0.3 is 0 Å². The summed E-state index contributed by atoms with van der Waals surface area (Å²) >= 11 is 0. The van der Waals surface area contributed by atoms with Crippen LogP contribution in [0, 0.1) is 5.82 Å². The van der Waals surface area contributed by atoms with E-state index in [0.29, 0.717) is 0 Å². The Morgan fingerprint density at radius 3 is 2.39 bits per heavy atom. The number of unbranched alkanes of at least 4 members (excludes halogenated alkanes) is 2. The van der Waals surface area contributed by atoms with Crippen molar-refractivity contribution >= 4 is 0 Å². The lowest BCUT2D eigenvalue weighted by Gasteiger charge is -2.02. The van der Waals surface area contributed by atoms with Crippen LogP contribution in [-0.2, 0) is 6.42 Å². The van der Waals surface area contributed by atoms with E-state index in [0.717, 1.165) is 29.8 Å². The van der Waals surface area contributed by atoms with E-state index in [1.54, 1.807) is 18.3 Å². The Morgan fingerprint density at radius 2 is 1.78 bits per heavy atom. The van der Waals surface area contributed by atoms with E-state index in [1.165, 1.54) is 25.0 Å². The first kappa shape index (κ1) is 12.7. The van der Waals surface area contributed by atoms with Gasteiger partial charge in [-0.3, -0.25) is 9.97 Å². The van der Waals surface area contributed by atoms with Crippen LogP contribution in [0.3, 0.4) is 0 Å². The van der Waals surface area contributed by atoms with Crippen molar-refractivity contribution in [1.29, 1.82) is 0 Å². The zero-order valence-electron chi connectivity index (χ0n) is 10.6. The third-order valence-electron chi connectivity index (χ3n) is 2.88. The van der Waals surface area contributed by atoms with E-state index in [-0.39, 0.29) is 5.82 Å². The summed E-state index contributed by atoms with van der Waals surface area (Å²) < 4.78 is 12.8. The van der Waals surface area contributed by atoms with Gasteiger partial charge in [0, 0.05) is 11.8 Å². The fourth-order valence-electron chi connectivity index (χ4n) is 1.81. The highest BCUT2D eigenvalue weighted by molar-refractivity contribution is 5.57. The molecule has 0 saturated carbocycles. The Hall–Kier alpha value is -1.77. The molecule has 0 bridgehead atoms. The van der Waals surface area contributed by atoms with Crippen molar-refractivity contribution in [3.63, 3.8) is 0 Å². The number of hydrogen-bond acceptors (Lipinski definition) is 2. The molecule has 0 atom stereocenters. The van der Waals surface area contributed by atoms with Crippen molar-refractivity contribution in [3.8, 4) is 11.3 Å². The minimum atomic E-state index is -0.233. The molecule has 0 N–H and O–H groups in total. The van der Waals surface area contributed by atoms with Crippen LogP contribution in [0.2, 0.25) is 0 Å². The van der Waals surface area contributed by atoms with Crippen molar-refractivity contribution in [1.82, 2.24) is 9.97 Å². The van der Waals surface area contributed by atoms with Crippen molar-refractivity contribution in [3.05, 3.63) is 48.2 Å². The first-order chi connectivity index (χ1) is 8.79. The van der Waals surface area contributed by atoms with Gasteiger partial charge >= 0.3 is 0 Å². The number of aromatic nitrogens is 2. The summed E-state index contributed by atoms with van der Waals surface area (Å²) in [6.45, 7) is 2.18. The van der Waals surface area contributed by atoms with Crippen LogP contribution in [0.5, 0.6) is 0 Å². The molecule has 94 valence electrons. The second-order valence-electron chi connectivity index (χ2n) is 4.36. The van der Waals surface area contributed by atoms with Crippen molar-refractivity contribution in [2.45, 2.75) is 32.6 Å². The highest BCUT2D eigenvalue weighted by Crippen LogP contribution is 2.16. The maximum Gasteiger partial charge on any atom is 0.123 e. The molecule has 3 heteroatoms. The number of halogens is 1. The van der Waals surface area contributed by atoms with E-state index >= 15 is 0 Å². The van der Waals surface area contributed by atoms with E-state index in [4.69, 9.17) is 0 Å². The van der Waals surface area contributed by atoms with Gasteiger partial charge in [0.2, 0.25) is 0 Å². The quantitative estimate of drug-likeness (QED) is 0.742. The second kappa shape index (κ2) is 6.24. The molecule has 2 aromatic rings. The van der Waals surface area contributed by atoms with Crippen LogP contribution >= 0.6 is 0 Å². The summed E-state index contributed by atoms with van der Waals surface area (Å²) in [7, 11) is 0. The van der Waals surface area contributed by atoms with E-state index in [2.05, 4.69) is 16.9 Å². The summed E-state index contributed by atoms with van der Waals surface area (Å²) in [6.07, 6.45) is 8.14. The Bertz CT molecular complexity index is 477. The smallest absolute Gasteiger partial charge is 0.123 e. The average Bonchev–Trinajstić information content (AvgIpc) is 2.41. The van der Waals surface area contributed by atoms with E-state index < -0.39 is 0 Å². The maximum absolute atomic E-state index is 12.8. The number of nitrogens with zero attached hydrogens (tertiary/aromatic N) is 2. The summed E-state index contributed by atoms with van der Waals surface area (Å²) in [5.74, 6) is -0.233. The molecule has 0 saturated heterocycles. The molecule has 0 spiro atoms. The lowest BCUT2D eigenvalue weighted by molar-refractivity contribution is 0.628. The van der Waals surface area contributed by atoms with Crippen LogP contribution in [-0.4, -0.2) is 9.97 Å². The van der Waals surface area contributed by atoms with Gasteiger partial charge in [-0.1, -0.05) is 19.8 Å². The first-order valence-corrected chi connectivity index (χ1v) is 6.36. The summed E-state index contributed by atoms with van der Waals surface area (Å²) in [4.78, 5) is 8.77. The Labute approximate surface area is 107 Å². The van der Waals surface area contributed by atoms with Crippen molar-refractivity contribution in [2.75, 3.05) is 0 Å². The van der Waals surface area contributed by atoms with Gasteiger partial charge in [0.05, 0.1) is 17.6 Å². The van der Waals surface area contributed by atoms with Gasteiger partial charge in [0.1, 0.15) is 5.82 Å². The molecule has 1 aromatic heterocycles. The number of benzene rings is 1. The molecule has 1 aromatic carbocycles. The standard InChI is InChI=1S/C15H17FN2/c1-2-3-4-5-14-10-18-15(11-17-14)12-6-8-13(16)9-7-12/h6-11H,2-5H2,1H3. The lowest BCUT2D eigenvalue weighted by atomic mass is 10.1. The normalized spacial score (nSPS) is 10.6. The molecule has 0 aliphatic carbocycles. The molecule has 0 radical (unpaired) electrons. The SMILES string of the molecule is CCCCCc1cnc(-c2ccc(F)cc2)cn1. The van der Waals surface area contributed by atoms with Gasteiger partial charge in [0.15, 0.2) is 0 Å². The molecular formula is C15H17FN2. The monoisotopic (exact) mass is 244 g/mol. The number of aryl methyl sites for hydroxylation is 1. The predicted molar refractivity (Wildman–Crippen MR) is 70.7 cm³/mol. The zero-order valence-corrected chi connectivity index (χ0v) is 10.6. The maximum atomic E-state index is 12.8. The molecule has 1 heterocycles. The number of rotatable bonds is 5. The third-order valence-corrected chi connectivity index (χ3v) is 2.88. The van der Waals surface area contributed by atoms with Crippen molar-refractivity contribution in [2.24, 2.45) is 0 Å². The third kappa shape index (κ3) is 3.36. The Kier molecular flexibility index (Phi) is 4.40. The van der Waals surface area contributed by atoms with Gasteiger partial charge in [-0.2, -0.15) is 0 Å². The van der Waals surface area contributed by atoms with Crippen LogP contribution in [0.25, 0.3) is 11.3 Å². The van der Waals surface area contributed by atoms with Crippen LogP contribution in [0.15, 0.2) is 36.7 Å². The lowest BCUT2D eigenvalue weighted by Crippen LogP contribution is -1.93. The summed E-state index contributed by atoms with van der Waals surface area (Å²) in [6, 6.07) is 6.31. The minimum absolute atomic E-state index is 0.233. The molecule has 0 aliphatic heterocycles. The molecule has 0 amide bonds. The Morgan fingerprint density at radius 1 is 1.00 bits per heavy atom. The zero-order chi connectivity index (χ0) is 12.8. The highest BCUT2D eigenvalue weighted by Gasteiger charge is 2.01. The predicted octanol–water partition coefficient (Wildman–Crippen LogP) is 4.02. The van der Waals surface area contributed by atoms with Crippen LogP contribution in [0.4, 0.5) is 4.39 Å². The van der Waals surface area contributed by atoms with Gasteiger partial charge in [-0.05, 0) is 37.1 Å².